The van der Waals surface area contributed by atoms with E-state index in [-0.39, 0.29) is 12.5 Å². The summed E-state index contributed by atoms with van der Waals surface area (Å²) in [6.45, 7) is 2.18. The topological polar surface area (TPSA) is 81.4 Å². The highest BCUT2D eigenvalue weighted by Gasteiger charge is 2.20. The van der Waals surface area contributed by atoms with Crippen molar-refractivity contribution in [3.8, 4) is 0 Å². The monoisotopic (exact) mass is 278 g/mol. The van der Waals surface area contributed by atoms with Gasteiger partial charge >= 0.3 is 5.97 Å². The fraction of sp³-hybridized carbons (Fsp3) is 0.467. The third kappa shape index (κ3) is 6.33. The number of nitrogens with two attached hydrogens (primary N) is 1. The Morgan fingerprint density at radius 3 is 2.55 bits per heavy atom. The van der Waals surface area contributed by atoms with Crippen LogP contribution in [0.5, 0.6) is 0 Å². The van der Waals surface area contributed by atoms with E-state index >= 15 is 0 Å². The Morgan fingerprint density at radius 2 is 1.95 bits per heavy atom. The first-order valence-electron chi connectivity index (χ1n) is 6.81. The smallest absolute Gasteiger partial charge is 0.328 e. The van der Waals surface area contributed by atoms with E-state index < -0.39 is 12.0 Å². The molecule has 3 N–H and O–H groups in total. The summed E-state index contributed by atoms with van der Waals surface area (Å²) in [5, 5.41) is 2.62. The van der Waals surface area contributed by atoms with E-state index in [2.05, 4.69) is 5.32 Å². The van der Waals surface area contributed by atoms with Crippen LogP contribution in [0.4, 0.5) is 0 Å². The van der Waals surface area contributed by atoms with E-state index in [0.29, 0.717) is 13.0 Å². The van der Waals surface area contributed by atoms with Gasteiger partial charge in [-0.2, -0.15) is 0 Å². The van der Waals surface area contributed by atoms with Gasteiger partial charge in [0.25, 0.3) is 0 Å². The Balaban J connectivity index is 2.47. The van der Waals surface area contributed by atoms with Gasteiger partial charge in [0.15, 0.2) is 0 Å². The van der Waals surface area contributed by atoms with Crippen LogP contribution in [0.15, 0.2) is 30.3 Å². The molecule has 5 nitrogen and oxygen atoms in total. The minimum absolute atomic E-state index is 0.215. The van der Waals surface area contributed by atoms with Gasteiger partial charge in [0.1, 0.15) is 12.6 Å². The van der Waals surface area contributed by atoms with Crippen molar-refractivity contribution >= 4 is 11.9 Å². The number of nitrogens with one attached hydrogen (secondary N) is 1. The molecule has 20 heavy (non-hydrogen) atoms. The van der Waals surface area contributed by atoms with E-state index in [1.807, 2.05) is 30.3 Å². The van der Waals surface area contributed by atoms with Crippen molar-refractivity contribution in [1.29, 1.82) is 0 Å². The quantitative estimate of drug-likeness (QED) is 0.556. The molecule has 0 aliphatic heterocycles. The lowest BCUT2D eigenvalue weighted by Crippen LogP contribution is -2.40. The van der Waals surface area contributed by atoms with Gasteiger partial charge < -0.3 is 15.8 Å². The molecular formula is C15H22N2O3. The fourth-order valence-electron chi connectivity index (χ4n) is 1.82. The van der Waals surface area contributed by atoms with Gasteiger partial charge in [0, 0.05) is 6.92 Å². The van der Waals surface area contributed by atoms with Crippen LogP contribution in [0, 0.1) is 0 Å². The number of carbonyl (C=O) groups excluding carboxylic acids is 2. The average molecular weight is 278 g/mol. The van der Waals surface area contributed by atoms with E-state index in [1.54, 1.807) is 0 Å². The average Bonchev–Trinajstić information content (AvgIpc) is 2.44. The van der Waals surface area contributed by atoms with Gasteiger partial charge in [-0.3, -0.25) is 4.79 Å². The van der Waals surface area contributed by atoms with Crippen LogP contribution in [0.1, 0.15) is 31.7 Å². The number of carbonyl (C=O) groups is 2. The van der Waals surface area contributed by atoms with E-state index in [9.17, 15) is 9.59 Å². The summed E-state index contributed by atoms with van der Waals surface area (Å²) >= 11 is 0. The molecule has 0 radical (unpaired) electrons. The zero-order valence-electron chi connectivity index (χ0n) is 11.8. The number of rotatable bonds is 8. The summed E-state index contributed by atoms with van der Waals surface area (Å²) in [7, 11) is 0. The van der Waals surface area contributed by atoms with Crippen molar-refractivity contribution in [3.63, 3.8) is 0 Å². The van der Waals surface area contributed by atoms with Crippen molar-refractivity contribution in [3.05, 3.63) is 35.9 Å². The first-order chi connectivity index (χ1) is 9.63. The Labute approximate surface area is 119 Å². The summed E-state index contributed by atoms with van der Waals surface area (Å²) in [5.41, 5.74) is 6.34. The second kappa shape index (κ2) is 9.09. The standard InChI is InChI=1S/C15H22N2O3/c1-12(18)17-14(9-5-6-10-16)15(19)20-11-13-7-3-2-4-8-13/h2-4,7-8,14H,5-6,9-11,16H2,1H3,(H,17,18)/t14-/m0/s1. The van der Waals surface area contributed by atoms with Crippen molar-refractivity contribution in [2.24, 2.45) is 5.73 Å². The molecule has 0 bridgehead atoms. The molecule has 0 saturated heterocycles. The molecule has 0 spiro atoms. The van der Waals surface area contributed by atoms with Crippen LogP contribution in [0.25, 0.3) is 0 Å². The minimum atomic E-state index is -0.595. The van der Waals surface area contributed by atoms with Gasteiger partial charge in [-0.05, 0) is 31.4 Å². The maximum atomic E-state index is 12.0. The predicted molar refractivity (Wildman–Crippen MR) is 76.7 cm³/mol. The Hall–Kier alpha value is -1.88. The van der Waals surface area contributed by atoms with Crippen molar-refractivity contribution in [2.75, 3.05) is 6.54 Å². The Bertz CT molecular complexity index is 420. The fourth-order valence-corrected chi connectivity index (χ4v) is 1.82. The van der Waals surface area contributed by atoms with Crippen LogP contribution in [0.3, 0.4) is 0 Å². The van der Waals surface area contributed by atoms with Gasteiger partial charge in [0.05, 0.1) is 0 Å². The summed E-state index contributed by atoms with van der Waals surface area (Å²) < 4.78 is 5.24. The molecular weight excluding hydrogens is 256 g/mol. The number of benzene rings is 1. The first kappa shape index (κ1) is 16.2. The van der Waals surface area contributed by atoms with Crippen molar-refractivity contribution < 1.29 is 14.3 Å². The van der Waals surface area contributed by atoms with Crippen LogP contribution in [-0.2, 0) is 20.9 Å². The third-order valence-corrected chi connectivity index (χ3v) is 2.83. The summed E-state index contributed by atoms with van der Waals surface area (Å²) in [6, 6.07) is 8.84. The number of esters is 1. The van der Waals surface area contributed by atoms with Gasteiger partial charge in [0.2, 0.25) is 5.91 Å². The van der Waals surface area contributed by atoms with Crippen molar-refractivity contribution in [2.45, 2.75) is 38.8 Å². The Kier molecular flexibility index (Phi) is 7.35. The molecule has 0 saturated carbocycles. The number of hydrogen-bond donors (Lipinski definition) is 2. The van der Waals surface area contributed by atoms with Crippen LogP contribution in [-0.4, -0.2) is 24.5 Å². The Morgan fingerprint density at radius 1 is 1.25 bits per heavy atom. The van der Waals surface area contributed by atoms with Crippen LogP contribution < -0.4 is 11.1 Å². The molecule has 110 valence electrons. The lowest BCUT2D eigenvalue weighted by atomic mass is 10.1. The number of amides is 1. The van der Waals surface area contributed by atoms with Crippen LogP contribution >= 0.6 is 0 Å². The number of unbranched alkanes of at least 4 members (excludes halogenated alkanes) is 1. The molecule has 1 aromatic carbocycles. The molecule has 1 aromatic rings. The molecule has 0 heterocycles. The molecule has 1 amide bonds. The largest absolute Gasteiger partial charge is 0.459 e. The highest BCUT2D eigenvalue weighted by Crippen LogP contribution is 2.06. The molecule has 0 aliphatic carbocycles. The highest BCUT2D eigenvalue weighted by molar-refractivity contribution is 5.83. The van der Waals surface area contributed by atoms with Gasteiger partial charge in [-0.25, -0.2) is 4.79 Å². The lowest BCUT2D eigenvalue weighted by Gasteiger charge is -2.16. The maximum Gasteiger partial charge on any atom is 0.328 e. The van der Waals surface area contributed by atoms with E-state index in [0.717, 1.165) is 18.4 Å². The summed E-state index contributed by atoms with van der Waals surface area (Å²) in [6.07, 6.45) is 2.15. The summed E-state index contributed by atoms with van der Waals surface area (Å²) in [5.74, 6) is -0.638. The molecule has 1 rings (SSSR count). The third-order valence-electron chi connectivity index (χ3n) is 2.83. The van der Waals surface area contributed by atoms with Crippen LogP contribution in [0.2, 0.25) is 0 Å². The summed E-state index contributed by atoms with van der Waals surface area (Å²) in [4.78, 5) is 23.1. The zero-order chi connectivity index (χ0) is 14.8. The SMILES string of the molecule is CC(=O)N[C@@H](CCCCN)C(=O)OCc1ccccc1. The normalized spacial score (nSPS) is 11.7. The second-order valence-corrected chi connectivity index (χ2v) is 4.63. The molecule has 0 unspecified atom stereocenters. The zero-order valence-corrected chi connectivity index (χ0v) is 11.8. The predicted octanol–water partition coefficient (Wildman–Crippen LogP) is 1.36. The van der Waals surface area contributed by atoms with E-state index in [4.69, 9.17) is 10.5 Å². The molecule has 0 aliphatic rings. The minimum Gasteiger partial charge on any atom is -0.459 e. The lowest BCUT2D eigenvalue weighted by molar-refractivity contribution is -0.149. The van der Waals surface area contributed by atoms with E-state index in [1.165, 1.54) is 6.92 Å². The molecule has 0 aromatic heterocycles. The second-order valence-electron chi connectivity index (χ2n) is 4.63. The van der Waals surface area contributed by atoms with Gasteiger partial charge in [-0.15, -0.1) is 0 Å². The van der Waals surface area contributed by atoms with Gasteiger partial charge in [-0.1, -0.05) is 30.3 Å². The maximum absolute atomic E-state index is 12.0. The molecule has 5 heteroatoms. The molecule has 0 fully saturated rings. The number of ether oxygens (including phenoxy) is 1. The first-order valence-corrected chi connectivity index (χ1v) is 6.81. The number of hydrogen-bond acceptors (Lipinski definition) is 4. The highest BCUT2D eigenvalue weighted by atomic mass is 16.5. The van der Waals surface area contributed by atoms with Crippen molar-refractivity contribution in [1.82, 2.24) is 5.32 Å². The molecule has 1 atom stereocenters.